The van der Waals surface area contributed by atoms with Crippen molar-refractivity contribution in [1.29, 1.82) is 0 Å². The molecule has 174 valence electrons. The molecule has 1 unspecified atom stereocenters. The van der Waals surface area contributed by atoms with E-state index in [2.05, 4.69) is 15.3 Å². The lowest BCUT2D eigenvalue weighted by Crippen LogP contribution is -2.44. The number of aliphatic hydroxyl groups is 1. The van der Waals surface area contributed by atoms with E-state index in [0.717, 1.165) is 17.3 Å². The van der Waals surface area contributed by atoms with E-state index in [4.69, 9.17) is 0 Å². The number of aromatic nitrogens is 2. The van der Waals surface area contributed by atoms with Crippen molar-refractivity contribution in [3.8, 4) is 0 Å². The third-order valence-corrected chi connectivity index (χ3v) is 5.53. The SMILES string of the molecule is CCC(NC(=O)N1CCc2cnc(C[C@@H](C)CO)nc2C1)c1ccc(C(F)(F)F)c(F)c1. The Labute approximate surface area is 183 Å². The maximum Gasteiger partial charge on any atom is 0.419 e. The molecule has 10 heteroatoms. The van der Waals surface area contributed by atoms with Crippen molar-refractivity contribution < 1.29 is 27.5 Å². The molecule has 3 rings (SSSR count). The summed E-state index contributed by atoms with van der Waals surface area (Å²) in [5.74, 6) is -0.749. The van der Waals surface area contributed by atoms with Gasteiger partial charge in [0.25, 0.3) is 0 Å². The van der Waals surface area contributed by atoms with Crippen LogP contribution in [0.3, 0.4) is 0 Å². The third kappa shape index (κ3) is 5.53. The largest absolute Gasteiger partial charge is 0.419 e. The molecule has 2 N–H and O–H groups in total. The zero-order valence-corrected chi connectivity index (χ0v) is 17.9. The van der Waals surface area contributed by atoms with E-state index in [9.17, 15) is 27.5 Å². The lowest BCUT2D eigenvalue weighted by Gasteiger charge is -2.30. The van der Waals surface area contributed by atoms with Gasteiger partial charge in [0.2, 0.25) is 0 Å². The summed E-state index contributed by atoms with van der Waals surface area (Å²) in [4.78, 5) is 23.3. The fourth-order valence-electron chi connectivity index (χ4n) is 3.63. The standard InChI is InChI=1S/C22H26F4N4O2/c1-3-18(14-4-5-16(17(23)9-14)22(24,25)26)29-21(32)30-7-6-15-10-27-20(8-13(2)12-31)28-19(15)11-30/h4-5,9-10,13,18,31H,3,6-8,11-12H2,1-2H3,(H,29,32)/t13-,18?/m1/s1. The molecule has 1 aromatic heterocycles. The number of rotatable bonds is 6. The molecule has 2 aromatic rings. The number of amides is 2. The number of alkyl halides is 3. The molecule has 2 heterocycles. The summed E-state index contributed by atoms with van der Waals surface area (Å²) in [7, 11) is 0. The Bertz CT molecular complexity index is 967. The van der Waals surface area contributed by atoms with Gasteiger partial charge in [-0.1, -0.05) is 19.9 Å². The highest BCUT2D eigenvalue weighted by molar-refractivity contribution is 5.75. The normalized spacial score (nSPS) is 15.8. The molecule has 0 aliphatic carbocycles. The number of aliphatic hydroxyl groups excluding tert-OH is 1. The molecular weight excluding hydrogens is 428 g/mol. The first-order valence-corrected chi connectivity index (χ1v) is 10.5. The van der Waals surface area contributed by atoms with E-state index >= 15 is 0 Å². The van der Waals surface area contributed by atoms with Crippen molar-refractivity contribution >= 4 is 6.03 Å². The van der Waals surface area contributed by atoms with E-state index in [1.165, 1.54) is 6.07 Å². The van der Waals surface area contributed by atoms with Crippen LogP contribution in [0.15, 0.2) is 24.4 Å². The molecule has 6 nitrogen and oxygen atoms in total. The lowest BCUT2D eigenvalue weighted by atomic mass is 10.0. The first-order valence-electron chi connectivity index (χ1n) is 10.5. The van der Waals surface area contributed by atoms with Crippen LogP contribution in [0.4, 0.5) is 22.4 Å². The van der Waals surface area contributed by atoms with Gasteiger partial charge >= 0.3 is 12.2 Å². The minimum atomic E-state index is -4.77. The van der Waals surface area contributed by atoms with Gasteiger partial charge in [-0.15, -0.1) is 0 Å². The molecule has 0 bridgehead atoms. The Balaban J connectivity index is 1.70. The average molecular weight is 454 g/mol. The Kier molecular flexibility index (Phi) is 7.33. The van der Waals surface area contributed by atoms with Crippen molar-refractivity contribution in [3.05, 3.63) is 58.4 Å². The first-order chi connectivity index (χ1) is 15.1. The van der Waals surface area contributed by atoms with Gasteiger partial charge < -0.3 is 15.3 Å². The first kappa shape index (κ1) is 23.9. The third-order valence-electron chi connectivity index (χ3n) is 5.53. The van der Waals surface area contributed by atoms with Gasteiger partial charge in [0.05, 0.1) is 23.8 Å². The molecule has 2 atom stereocenters. The molecule has 2 amide bonds. The number of halogens is 4. The lowest BCUT2D eigenvalue weighted by molar-refractivity contribution is -0.140. The quantitative estimate of drug-likeness (QED) is 0.647. The molecule has 32 heavy (non-hydrogen) atoms. The van der Waals surface area contributed by atoms with Crippen LogP contribution in [0.25, 0.3) is 0 Å². The van der Waals surface area contributed by atoms with E-state index in [0.29, 0.717) is 37.7 Å². The van der Waals surface area contributed by atoms with Gasteiger partial charge in [-0.2, -0.15) is 13.2 Å². The second-order valence-electron chi connectivity index (χ2n) is 8.07. The van der Waals surface area contributed by atoms with E-state index in [-0.39, 0.29) is 24.6 Å². The van der Waals surface area contributed by atoms with Crippen molar-refractivity contribution in [2.75, 3.05) is 13.2 Å². The fourth-order valence-corrected chi connectivity index (χ4v) is 3.63. The smallest absolute Gasteiger partial charge is 0.396 e. The predicted molar refractivity (Wildman–Crippen MR) is 109 cm³/mol. The Hall–Kier alpha value is -2.75. The van der Waals surface area contributed by atoms with E-state index in [1.54, 1.807) is 18.0 Å². The number of urea groups is 1. The van der Waals surface area contributed by atoms with Crippen molar-refractivity contribution in [2.24, 2.45) is 5.92 Å². The molecule has 1 aliphatic rings. The maximum absolute atomic E-state index is 14.0. The maximum atomic E-state index is 14.0. The topological polar surface area (TPSA) is 78.4 Å². The minimum Gasteiger partial charge on any atom is -0.396 e. The number of benzene rings is 1. The van der Waals surface area contributed by atoms with Crippen LogP contribution in [-0.2, 0) is 25.6 Å². The summed E-state index contributed by atoms with van der Waals surface area (Å²) in [5.41, 5.74) is 0.619. The summed E-state index contributed by atoms with van der Waals surface area (Å²) in [6.07, 6.45) is -1.55. The summed E-state index contributed by atoms with van der Waals surface area (Å²) in [6.45, 7) is 4.37. The molecule has 0 radical (unpaired) electrons. The summed E-state index contributed by atoms with van der Waals surface area (Å²) >= 11 is 0. The molecule has 0 fully saturated rings. The number of carbonyl (C=O) groups excluding carboxylic acids is 1. The van der Waals surface area contributed by atoms with E-state index in [1.807, 2.05) is 6.92 Å². The van der Waals surface area contributed by atoms with Crippen molar-refractivity contribution in [3.63, 3.8) is 0 Å². The van der Waals surface area contributed by atoms with Gasteiger partial charge in [-0.3, -0.25) is 0 Å². The predicted octanol–water partition coefficient (Wildman–Crippen LogP) is 4.02. The zero-order chi connectivity index (χ0) is 23.5. The van der Waals surface area contributed by atoms with Gasteiger partial charge in [-0.25, -0.2) is 19.2 Å². The number of fused-ring (bicyclic) bond motifs is 1. The number of hydrogen-bond acceptors (Lipinski definition) is 4. The minimum absolute atomic E-state index is 0.0190. The Morgan fingerprint density at radius 3 is 2.72 bits per heavy atom. The van der Waals surface area contributed by atoms with Crippen LogP contribution in [0.5, 0.6) is 0 Å². The molecule has 0 saturated carbocycles. The van der Waals surface area contributed by atoms with E-state index < -0.39 is 29.6 Å². The molecule has 1 aliphatic heterocycles. The number of nitrogens with one attached hydrogen (secondary N) is 1. The summed E-state index contributed by atoms with van der Waals surface area (Å²) in [6, 6.07) is 1.68. The zero-order valence-electron chi connectivity index (χ0n) is 17.9. The van der Waals surface area contributed by atoms with Gasteiger partial charge in [0.1, 0.15) is 11.6 Å². The molecule has 0 saturated heterocycles. The monoisotopic (exact) mass is 454 g/mol. The Morgan fingerprint density at radius 2 is 2.09 bits per heavy atom. The van der Waals surface area contributed by atoms with Crippen LogP contribution < -0.4 is 5.32 Å². The van der Waals surface area contributed by atoms with Crippen molar-refractivity contribution in [2.45, 2.75) is 51.9 Å². The molecular formula is C22H26F4N4O2. The van der Waals surface area contributed by atoms with Crippen LogP contribution in [0.2, 0.25) is 0 Å². The van der Waals surface area contributed by atoms with Crippen LogP contribution >= 0.6 is 0 Å². The number of carbonyl (C=O) groups is 1. The number of nitrogens with zero attached hydrogens (tertiary/aromatic N) is 3. The summed E-state index contributed by atoms with van der Waals surface area (Å²) in [5, 5.41) is 12.0. The summed E-state index contributed by atoms with van der Waals surface area (Å²) < 4.78 is 52.4. The second kappa shape index (κ2) is 9.81. The van der Waals surface area contributed by atoms with Crippen LogP contribution in [0.1, 0.15) is 54.5 Å². The fraction of sp³-hybridized carbons (Fsp3) is 0.500. The molecule has 1 aromatic carbocycles. The highest BCUT2D eigenvalue weighted by Crippen LogP contribution is 2.33. The van der Waals surface area contributed by atoms with Crippen molar-refractivity contribution in [1.82, 2.24) is 20.2 Å². The van der Waals surface area contributed by atoms with Gasteiger partial charge in [-0.05, 0) is 42.0 Å². The average Bonchev–Trinajstić information content (AvgIpc) is 2.75. The Morgan fingerprint density at radius 1 is 1.34 bits per heavy atom. The van der Waals surface area contributed by atoms with Crippen LogP contribution in [-0.4, -0.2) is 39.2 Å². The second-order valence-corrected chi connectivity index (χ2v) is 8.07. The van der Waals surface area contributed by atoms with Crippen LogP contribution in [0, 0.1) is 11.7 Å². The number of hydrogen-bond donors (Lipinski definition) is 2. The highest BCUT2D eigenvalue weighted by atomic mass is 19.4. The van der Waals surface area contributed by atoms with Gasteiger partial charge in [0, 0.05) is 25.8 Å². The van der Waals surface area contributed by atoms with Gasteiger partial charge in [0.15, 0.2) is 0 Å². The highest BCUT2D eigenvalue weighted by Gasteiger charge is 2.34. The molecule has 0 spiro atoms.